The van der Waals surface area contributed by atoms with Gasteiger partial charge in [-0.3, -0.25) is 4.79 Å². The zero-order chi connectivity index (χ0) is 11.0. The normalized spacial score (nSPS) is 10.6. The SMILES string of the molecule is CN(C)C(=O)c1cc2cnc(Cl)nn2c1. The van der Waals surface area contributed by atoms with Crippen LogP contribution in [0.5, 0.6) is 0 Å². The van der Waals surface area contributed by atoms with Crippen molar-refractivity contribution in [1.29, 1.82) is 0 Å². The fraction of sp³-hybridized carbons (Fsp3) is 0.222. The molecule has 2 aromatic heterocycles. The van der Waals surface area contributed by atoms with E-state index in [4.69, 9.17) is 11.6 Å². The van der Waals surface area contributed by atoms with Crippen LogP contribution in [-0.2, 0) is 0 Å². The van der Waals surface area contributed by atoms with Crippen LogP contribution in [0.1, 0.15) is 10.4 Å². The van der Waals surface area contributed by atoms with Crippen molar-refractivity contribution in [2.75, 3.05) is 14.1 Å². The molecule has 2 heterocycles. The molecule has 0 bridgehead atoms. The monoisotopic (exact) mass is 224 g/mol. The average molecular weight is 225 g/mol. The van der Waals surface area contributed by atoms with Gasteiger partial charge in [0.05, 0.1) is 17.3 Å². The van der Waals surface area contributed by atoms with E-state index in [1.807, 2.05) is 0 Å². The van der Waals surface area contributed by atoms with Gasteiger partial charge < -0.3 is 4.90 Å². The molecule has 0 aliphatic carbocycles. The minimum absolute atomic E-state index is 0.0726. The first-order valence-electron chi connectivity index (χ1n) is 4.30. The molecule has 0 fully saturated rings. The fourth-order valence-corrected chi connectivity index (χ4v) is 1.39. The summed E-state index contributed by atoms with van der Waals surface area (Å²) in [7, 11) is 3.40. The molecule has 0 unspecified atom stereocenters. The molecule has 78 valence electrons. The van der Waals surface area contributed by atoms with E-state index >= 15 is 0 Å². The van der Waals surface area contributed by atoms with Gasteiger partial charge in [-0.25, -0.2) is 9.50 Å². The Morgan fingerprint density at radius 3 is 2.93 bits per heavy atom. The smallest absolute Gasteiger partial charge is 0.254 e. The Bertz CT molecular complexity index is 520. The number of carbonyl (C=O) groups excluding carboxylic acids is 1. The third-order valence-corrected chi connectivity index (χ3v) is 2.15. The molecule has 0 spiro atoms. The molecule has 1 amide bonds. The quantitative estimate of drug-likeness (QED) is 0.729. The largest absolute Gasteiger partial charge is 0.345 e. The van der Waals surface area contributed by atoms with Crippen molar-refractivity contribution in [1.82, 2.24) is 19.5 Å². The van der Waals surface area contributed by atoms with Crippen LogP contribution >= 0.6 is 11.6 Å². The van der Waals surface area contributed by atoms with Crippen LogP contribution in [0.3, 0.4) is 0 Å². The molecule has 15 heavy (non-hydrogen) atoms. The topological polar surface area (TPSA) is 50.5 Å². The van der Waals surface area contributed by atoms with Crippen LogP contribution in [0.4, 0.5) is 0 Å². The minimum atomic E-state index is -0.0726. The van der Waals surface area contributed by atoms with Crippen LogP contribution in [0, 0.1) is 0 Å². The number of halogens is 1. The Kier molecular flexibility index (Phi) is 2.32. The average Bonchev–Trinajstić information content (AvgIpc) is 2.58. The van der Waals surface area contributed by atoms with Crippen molar-refractivity contribution in [2.45, 2.75) is 0 Å². The molecule has 0 N–H and O–H groups in total. The first kappa shape index (κ1) is 9.92. The van der Waals surface area contributed by atoms with Gasteiger partial charge in [0, 0.05) is 20.3 Å². The maximum Gasteiger partial charge on any atom is 0.254 e. The van der Waals surface area contributed by atoms with Gasteiger partial charge in [-0.1, -0.05) is 0 Å². The van der Waals surface area contributed by atoms with Gasteiger partial charge >= 0.3 is 0 Å². The maximum absolute atomic E-state index is 11.6. The summed E-state index contributed by atoms with van der Waals surface area (Å²) in [4.78, 5) is 17.0. The highest BCUT2D eigenvalue weighted by atomic mass is 35.5. The number of hydrogen-bond donors (Lipinski definition) is 0. The molecule has 2 rings (SSSR count). The van der Waals surface area contributed by atoms with Crippen molar-refractivity contribution < 1.29 is 4.79 Å². The van der Waals surface area contributed by atoms with E-state index in [9.17, 15) is 4.79 Å². The number of nitrogens with zero attached hydrogens (tertiary/aromatic N) is 4. The fourth-order valence-electron chi connectivity index (χ4n) is 1.26. The predicted octanol–water partition coefficient (Wildman–Crippen LogP) is 1.08. The standard InChI is InChI=1S/C9H9ClN4O/c1-13(2)8(15)6-3-7-4-11-9(10)12-14(7)5-6/h3-5H,1-2H3. The highest BCUT2D eigenvalue weighted by molar-refractivity contribution is 6.28. The van der Waals surface area contributed by atoms with E-state index in [1.54, 1.807) is 32.6 Å². The number of hydrogen-bond acceptors (Lipinski definition) is 3. The second-order valence-corrected chi connectivity index (χ2v) is 3.66. The highest BCUT2D eigenvalue weighted by Gasteiger charge is 2.11. The summed E-state index contributed by atoms with van der Waals surface area (Å²) in [6.07, 6.45) is 3.20. The molecule has 0 atom stereocenters. The Morgan fingerprint density at radius 1 is 1.53 bits per heavy atom. The molecule has 0 aliphatic heterocycles. The van der Waals surface area contributed by atoms with Crippen molar-refractivity contribution >= 4 is 23.0 Å². The van der Waals surface area contributed by atoms with Gasteiger partial charge in [0.25, 0.3) is 5.91 Å². The van der Waals surface area contributed by atoms with Crippen LogP contribution < -0.4 is 0 Å². The van der Waals surface area contributed by atoms with Gasteiger partial charge in [-0.05, 0) is 17.7 Å². The highest BCUT2D eigenvalue weighted by Crippen LogP contribution is 2.10. The van der Waals surface area contributed by atoms with E-state index in [0.29, 0.717) is 5.56 Å². The first-order chi connectivity index (χ1) is 7.08. The molecule has 0 aliphatic rings. The minimum Gasteiger partial charge on any atom is -0.345 e. The summed E-state index contributed by atoms with van der Waals surface area (Å²) in [5, 5.41) is 4.09. The number of aromatic nitrogens is 3. The van der Waals surface area contributed by atoms with E-state index in [0.717, 1.165) is 5.52 Å². The molecular formula is C9H9ClN4O. The Labute approximate surface area is 91.3 Å². The van der Waals surface area contributed by atoms with Crippen molar-refractivity contribution in [2.24, 2.45) is 0 Å². The lowest BCUT2D eigenvalue weighted by molar-refractivity contribution is 0.0827. The lowest BCUT2D eigenvalue weighted by atomic mass is 10.3. The summed E-state index contributed by atoms with van der Waals surface area (Å²) >= 11 is 5.63. The summed E-state index contributed by atoms with van der Waals surface area (Å²) in [6, 6.07) is 1.72. The summed E-state index contributed by atoms with van der Waals surface area (Å²) in [5.41, 5.74) is 1.31. The molecular weight excluding hydrogens is 216 g/mol. The third kappa shape index (κ3) is 1.78. The predicted molar refractivity (Wildman–Crippen MR) is 56.0 cm³/mol. The number of amides is 1. The summed E-state index contributed by atoms with van der Waals surface area (Å²) < 4.78 is 1.53. The van der Waals surface area contributed by atoms with Gasteiger partial charge in [0.1, 0.15) is 0 Å². The molecule has 2 aromatic rings. The van der Waals surface area contributed by atoms with Gasteiger partial charge in [0.15, 0.2) is 0 Å². The first-order valence-corrected chi connectivity index (χ1v) is 4.68. The molecule has 0 saturated carbocycles. The summed E-state index contributed by atoms with van der Waals surface area (Å²) in [6.45, 7) is 0. The van der Waals surface area contributed by atoms with Crippen molar-refractivity contribution in [3.8, 4) is 0 Å². The molecule has 0 saturated heterocycles. The van der Waals surface area contributed by atoms with E-state index in [1.165, 1.54) is 9.42 Å². The molecule has 6 heteroatoms. The van der Waals surface area contributed by atoms with Crippen LogP contribution in [0.15, 0.2) is 18.5 Å². The van der Waals surface area contributed by atoms with Gasteiger partial charge in [0.2, 0.25) is 5.28 Å². The van der Waals surface area contributed by atoms with Crippen LogP contribution in [0.2, 0.25) is 5.28 Å². The molecule has 0 aromatic carbocycles. The lowest BCUT2D eigenvalue weighted by Gasteiger charge is -2.07. The summed E-state index contributed by atoms with van der Waals surface area (Å²) in [5.74, 6) is -0.0726. The second kappa shape index (κ2) is 3.51. The van der Waals surface area contributed by atoms with E-state index in [2.05, 4.69) is 10.1 Å². The number of carbonyl (C=O) groups is 1. The van der Waals surface area contributed by atoms with E-state index in [-0.39, 0.29) is 11.2 Å². The van der Waals surface area contributed by atoms with Crippen LogP contribution in [0.25, 0.3) is 5.52 Å². The van der Waals surface area contributed by atoms with Gasteiger partial charge in [-0.15, -0.1) is 5.10 Å². The molecule has 5 nitrogen and oxygen atoms in total. The second-order valence-electron chi connectivity index (χ2n) is 3.33. The number of rotatable bonds is 1. The molecule has 0 radical (unpaired) electrons. The lowest BCUT2D eigenvalue weighted by Crippen LogP contribution is -2.20. The zero-order valence-corrected chi connectivity index (χ0v) is 9.06. The van der Waals surface area contributed by atoms with E-state index < -0.39 is 0 Å². The Morgan fingerprint density at radius 2 is 2.27 bits per heavy atom. The maximum atomic E-state index is 11.6. The van der Waals surface area contributed by atoms with Crippen LogP contribution in [-0.4, -0.2) is 39.5 Å². The van der Waals surface area contributed by atoms with Gasteiger partial charge in [-0.2, -0.15) is 0 Å². The Balaban J connectivity index is 2.52. The zero-order valence-electron chi connectivity index (χ0n) is 8.31. The Hall–Kier alpha value is -1.62. The van der Waals surface area contributed by atoms with Crippen molar-refractivity contribution in [3.05, 3.63) is 29.3 Å². The van der Waals surface area contributed by atoms with Crippen molar-refractivity contribution in [3.63, 3.8) is 0 Å². The third-order valence-electron chi connectivity index (χ3n) is 1.98. The number of fused-ring (bicyclic) bond motifs is 1.